The molecule has 0 bridgehead atoms. The van der Waals surface area contributed by atoms with Crippen LogP contribution in [0.5, 0.6) is 0 Å². The minimum atomic E-state index is 0.629. The Balaban J connectivity index is 1.07. The Bertz CT molecular complexity index is 2460. The van der Waals surface area contributed by atoms with Crippen LogP contribution in [0.3, 0.4) is 0 Å². The first-order valence-corrected chi connectivity index (χ1v) is 18.6. The zero-order valence-corrected chi connectivity index (χ0v) is 31.0. The fourth-order valence-electron chi connectivity index (χ4n) is 6.77. The minimum Gasteiger partial charge on any atom is -0.208 e. The summed E-state index contributed by atoms with van der Waals surface area (Å²) in [6, 6.07) is 61.8. The van der Waals surface area contributed by atoms with Crippen LogP contribution in [0.15, 0.2) is 182 Å². The van der Waals surface area contributed by atoms with E-state index in [-0.39, 0.29) is 0 Å². The van der Waals surface area contributed by atoms with Gasteiger partial charge in [-0.3, -0.25) is 0 Å². The zero-order valence-electron chi connectivity index (χ0n) is 31.0. The predicted molar refractivity (Wildman–Crippen MR) is 226 cm³/mol. The molecule has 2 aromatic heterocycles. The SMILES string of the molecule is Cc1cc(-c2ccc(-c3nc(-c4ccccc4)nc(-c4ccccc4)n3)cc2)c(-c2ccc(-c3nc(-c4ccccc4)nc(-c4ccccc4)n3)cc2)cc1C. The van der Waals surface area contributed by atoms with Crippen molar-refractivity contribution in [3.63, 3.8) is 0 Å². The lowest BCUT2D eigenvalue weighted by Crippen LogP contribution is -2.00. The highest BCUT2D eigenvalue weighted by Crippen LogP contribution is 2.37. The molecule has 0 atom stereocenters. The molecule has 0 saturated carbocycles. The topological polar surface area (TPSA) is 77.3 Å². The van der Waals surface area contributed by atoms with E-state index >= 15 is 0 Å². The molecule has 0 fully saturated rings. The van der Waals surface area contributed by atoms with E-state index in [1.165, 1.54) is 11.1 Å². The molecule has 0 aliphatic rings. The fourth-order valence-corrected chi connectivity index (χ4v) is 6.77. The van der Waals surface area contributed by atoms with E-state index in [0.717, 1.165) is 55.6 Å². The Morgan fingerprint density at radius 3 is 0.661 bits per heavy atom. The Morgan fingerprint density at radius 2 is 0.429 bits per heavy atom. The van der Waals surface area contributed by atoms with E-state index in [2.05, 4.69) is 74.5 Å². The van der Waals surface area contributed by atoms with Crippen molar-refractivity contribution >= 4 is 0 Å². The number of hydrogen-bond acceptors (Lipinski definition) is 6. The van der Waals surface area contributed by atoms with Crippen LogP contribution in [-0.2, 0) is 0 Å². The molecule has 9 rings (SSSR count). The van der Waals surface area contributed by atoms with Crippen LogP contribution in [0.2, 0.25) is 0 Å². The van der Waals surface area contributed by atoms with Gasteiger partial charge in [0, 0.05) is 33.4 Å². The summed E-state index contributed by atoms with van der Waals surface area (Å²) in [6.45, 7) is 4.33. The third kappa shape index (κ3) is 7.11. The standard InChI is InChI=1S/C50H36N6/c1-33-31-43(35-23-27-41(28-24-35)49-53-45(37-15-7-3-8-16-37)51-46(54-49)38-17-9-4-10-18-38)44(32-34(33)2)36-25-29-42(30-26-36)50-55-47(39-19-11-5-12-20-39)52-48(56-50)40-21-13-6-14-22-40/h3-32H,1-2H3. The maximum atomic E-state index is 4.93. The number of aryl methyl sites for hydroxylation is 2. The molecule has 9 aromatic rings. The van der Waals surface area contributed by atoms with Crippen LogP contribution >= 0.6 is 0 Å². The highest BCUT2D eigenvalue weighted by Gasteiger charge is 2.16. The quantitative estimate of drug-likeness (QED) is 0.155. The summed E-state index contributed by atoms with van der Waals surface area (Å²) in [4.78, 5) is 29.5. The van der Waals surface area contributed by atoms with Gasteiger partial charge in [0.2, 0.25) is 0 Å². The lowest BCUT2D eigenvalue weighted by molar-refractivity contribution is 1.07. The van der Waals surface area contributed by atoms with Gasteiger partial charge in [-0.1, -0.05) is 182 Å². The highest BCUT2D eigenvalue weighted by atomic mass is 15.0. The second-order valence-corrected chi connectivity index (χ2v) is 13.7. The average molecular weight is 721 g/mol. The molecule has 2 heterocycles. The van der Waals surface area contributed by atoms with Gasteiger partial charge in [0.05, 0.1) is 0 Å². The molecule has 7 aromatic carbocycles. The summed E-state index contributed by atoms with van der Waals surface area (Å²) >= 11 is 0. The monoisotopic (exact) mass is 720 g/mol. The van der Waals surface area contributed by atoms with E-state index in [4.69, 9.17) is 29.9 Å². The molecule has 0 aliphatic carbocycles. The van der Waals surface area contributed by atoms with Crippen molar-refractivity contribution < 1.29 is 0 Å². The van der Waals surface area contributed by atoms with Gasteiger partial charge in [0.25, 0.3) is 0 Å². The van der Waals surface area contributed by atoms with E-state index in [0.29, 0.717) is 34.9 Å². The van der Waals surface area contributed by atoms with Gasteiger partial charge in [-0.15, -0.1) is 0 Å². The van der Waals surface area contributed by atoms with E-state index in [1.54, 1.807) is 0 Å². The normalized spacial score (nSPS) is 11.0. The van der Waals surface area contributed by atoms with E-state index < -0.39 is 0 Å². The second-order valence-electron chi connectivity index (χ2n) is 13.7. The number of nitrogens with zero attached hydrogens (tertiary/aromatic N) is 6. The van der Waals surface area contributed by atoms with Crippen molar-refractivity contribution in [1.29, 1.82) is 0 Å². The third-order valence-electron chi connectivity index (χ3n) is 9.94. The maximum absolute atomic E-state index is 4.93. The molecule has 0 radical (unpaired) electrons. The summed E-state index contributed by atoms with van der Waals surface area (Å²) in [7, 11) is 0. The highest BCUT2D eigenvalue weighted by molar-refractivity contribution is 5.86. The van der Waals surface area contributed by atoms with Crippen LogP contribution in [0.4, 0.5) is 0 Å². The smallest absolute Gasteiger partial charge is 0.164 e. The molecular formula is C50H36N6. The van der Waals surface area contributed by atoms with Gasteiger partial charge >= 0.3 is 0 Å². The summed E-state index contributed by atoms with van der Waals surface area (Å²) in [5, 5.41) is 0. The molecule has 0 amide bonds. The Morgan fingerprint density at radius 1 is 0.232 bits per heavy atom. The van der Waals surface area contributed by atoms with E-state index in [9.17, 15) is 0 Å². The van der Waals surface area contributed by atoms with Crippen molar-refractivity contribution in [3.8, 4) is 90.6 Å². The summed E-state index contributed by atoms with van der Waals surface area (Å²) in [5.74, 6) is 3.83. The first-order valence-electron chi connectivity index (χ1n) is 18.6. The predicted octanol–water partition coefficient (Wildman–Crippen LogP) is 12.0. The van der Waals surface area contributed by atoms with Gasteiger partial charge in [-0.2, -0.15) is 0 Å². The second kappa shape index (κ2) is 15.1. The Labute approximate surface area is 326 Å². The largest absolute Gasteiger partial charge is 0.208 e. The van der Waals surface area contributed by atoms with Gasteiger partial charge < -0.3 is 0 Å². The molecule has 0 N–H and O–H groups in total. The van der Waals surface area contributed by atoms with E-state index in [1.807, 2.05) is 121 Å². The number of hydrogen-bond donors (Lipinski definition) is 0. The van der Waals surface area contributed by atoms with Gasteiger partial charge in [0.1, 0.15) is 0 Å². The van der Waals surface area contributed by atoms with Crippen LogP contribution in [0.1, 0.15) is 11.1 Å². The van der Waals surface area contributed by atoms with Gasteiger partial charge in [-0.05, 0) is 47.2 Å². The molecular weight excluding hydrogens is 685 g/mol. The Hall–Kier alpha value is -7.44. The van der Waals surface area contributed by atoms with Crippen molar-refractivity contribution in [2.75, 3.05) is 0 Å². The van der Waals surface area contributed by atoms with Crippen LogP contribution < -0.4 is 0 Å². The molecule has 0 aliphatic heterocycles. The van der Waals surface area contributed by atoms with Crippen LogP contribution in [0, 0.1) is 13.8 Å². The lowest BCUT2D eigenvalue weighted by atomic mass is 9.90. The van der Waals surface area contributed by atoms with Crippen LogP contribution in [0.25, 0.3) is 90.6 Å². The average Bonchev–Trinajstić information content (AvgIpc) is 3.28. The van der Waals surface area contributed by atoms with Crippen LogP contribution in [-0.4, -0.2) is 29.9 Å². The van der Waals surface area contributed by atoms with Crippen molar-refractivity contribution in [2.45, 2.75) is 13.8 Å². The van der Waals surface area contributed by atoms with Gasteiger partial charge in [0.15, 0.2) is 34.9 Å². The summed E-state index contributed by atoms with van der Waals surface area (Å²) in [5.41, 5.74) is 12.6. The molecule has 266 valence electrons. The van der Waals surface area contributed by atoms with Crippen molar-refractivity contribution in [1.82, 2.24) is 29.9 Å². The maximum Gasteiger partial charge on any atom is 0.164 e. The molecule has 0 spiro atoms. The lowest BCUT2D eigenvalue weighted by Gasteiger charge is -2.15. The minimum absolute atomic E-state index is 0.629. The number of rotatable bonds is 8. The zero-order chi connectivity index (χ0) is 37.8. The van der Waals surface area contributed by atoms with Crippen molar-refractivity contribution in [2.24, 2.45) is 0 Å². The van der Waals surface area contributed by atoms with Gasteiger partial charge in [-0.25, -0.2) is 29.9 Å². The van der Waals surface area contributed by atoms with Crippen molar-refractivity contribution in [3.05, 3.63) is 193 Å². The summed E-state index contributed by atoms with van der Waals surface area (Å²) < 4.78 is 0. The number of aromatic nitrogens is 6. The fraction of sp³-hybridized carbons (Fsp3) is 0.0400. The first-order chi connectivity index (χ1) is 27.6. The third-order valence-corrected chi connectivity index (χ3v) is 9.94. The molecule has 56 heavy (non-hydrogen) atoms. The number of benzene rings is 7. The molecule has 6 nitrogen and oxygen atoms in total. The molecule has 6 heteroatoms. The first kappa shape index (κ1) is 34.3. The Kier molecular flexibility index (Phi) is 9.27. The molecule has 0 saturated heterocycles. The molecule has 0 unspecified atom stereocenters. The summed E-state index contributed by atoms with van der Waals surface area (Å²) in [6.07, 6.45) is 0.